The van der Waals surface area contributed by atoms with Crippen LogP contribution in [0.25, 0.3) is 0 Å². The summed E-state index contributed by atoms with van der Waals surface area (Å²) in [7, 11) is 0. The third kappa shape index (κ3) is 3.57. The van der Waals surface area contributed by atoms with Crippen molar-refractivity contribution in [3.8, 4) is 0 Å². The van der Waals surface area contributed by atoms with Gasteiger partial charge in [0.1, 0.15) is 5.78 Å². The van der Waals surface area contributed by atoms with E-state index in [0.717, 1.165) is 25.3 Å². The number of Topliss-reactive ketones (excluding diaryl/α,β-unsaturated/α-hetero) is 1. The summed E-state index contributed by atoms with van der Waals surface area (Å²) in [6, 6.07) is 8.26. The lowest BCUT2D eigenvalue weighted by molar-refractivity contribution is -0.117. The number of hydrogen-bond donors (Lipinski definition) is 1. The van der Waals surface area contributed by atoms with E-state index in [0.29, 0.717) is 12.3 Å². The van der Waals surface area contributed by atoms with Crippen molar-refractivity contribution in [1.82, 2.24) is 4.90 Å². The van der Waals surface area contributed by atoms with Crippen molar-refractivity contribution < 1.29 is 4.79 Å². The average molecular weight is 246 g/mol. The first-order valence-electron chi connectivity index (χ1n) is 6.72. The molecule has 0 aromatic heterocycles. The van der Waals surface area contributed by atoms with Crippen molar-refractivity contribution in [1.29, 1.82) is 0 Å². The summed E-state index contributed by atoms with van der Waals surface area (Å²) in [4.78, 5) is 13.4. The molecule has 1 aliphatic heterocycles. The molecule has 0 bridgehead atoms. The van der Waals surface area contributed by atoms with Crippen LogP contribution < -0.4 is 5.73 Å². The summed E-state index contributed by atoms with van der Waals surface area (Å²) < 4.78 is 0. The van der Waals surface area contributed by atoms with Crippen molar-refractivity contribution in [2.24, 2.45) is 0 Å². The SMILES string of the molecule is CC(=O)CCN1CCC(c2ccc(N)cc2)CC1. The summed E-state index contributed by atoms with van der Waals surface area (Å²) >= 11 is 0. The van der Waals surface area contributed by atoms with Crippen LogP contribution in [0.1, 0.15) is 37.7 Å². The minimum absolute atomic E-state index is 0.288. The lowest BCUT2D eigenvalue weighted by Gasteiger charge is -2.32. The summed E-state index contributed by atoms with van der Waals surface area (Å²) in [5.74, 6) is 0.940. The van der Waals surface area contributed by atoms with Gasteiger partial charge in [-0.1, -0.05) is 12.1 Å². The molecule has 1 aromatic rings. The molecule has 1 heterocycles. The standard InChI is InChI=1S/C15H22N2O/c1-12(18)6-9-17-10-7-14(8-11-17)13-2-4-15(16)5-3-13/h2-5,14H,6-11,16H2,1H3. The lowest BCUT2D eigenvalue weighted by atomic mass is 9.89. The van der Waals surface area contributed by atoms with E-state index in [2.05, 4.69) is 17.0 Å². The van der Waals surface area contributed by atoms with Crippen molar-refractivity contribution in [2.75, 3.05) is 25.4 Å². The molecule has 3 nitrogen and oxygen atoms in total. The van der Waals surface area contributed by atoms with E-state index in [1.807, 2.05) is 12.1 Å². The molecule has 0 unspecified atom stereocenters. The molecule has 1 saturated heterocycles. The van der Waals surface area contributed by atoms with Crippen LogP contribution >= 0.6 is 0 Å². The Kier molecular flexibility index (Phi) is 4.37. The van der Waals surface area contributed by atoms with Gasteiger partial charge in [0.15, 0.2) is 0 Å². The fraction of sp³-hybridized carbons (Fsp3) is 0.533. The summed E-state index contributed by atoms with van der Waals surface area (Å²) in [6.45, 7) is 4.79. The molecule has 3 heteroatoms. The van der Waals surface area contributed by atoms with Crippen LogP contribution in [0.3, 0.4) is 0 Å². The Morgan fingerprint density at radius 2 is 1.89 bits per heavy atom. The van der Waals surface area contributed by atoms with Gasteiger partial charge in [-0.05, 0) is 56.5 Å². The molecule has 0 spiro atoms. The van der Waals surface area contributed by atoms with E-state index < -0.39 is 0 Å². The number of carbonyl (C=O) groups is 1. The van der Waals surface area contributed by atoms with Gasteiger partial charge in [0.05, 0.1) is 0 Å². The number of nitrogens with two attached hydrogens (primary N) is 1. The first-order valence-corrected chi connectivity index (χ1v) is 6.72. The number of benzene rings is 1. The van der Waals surface area contributed by atoms with Crippen LogP contribution in [0, 0.1) is 0 Å². The highest BCUT2D eigenvalue weighted by Gasteiger charge is 2.20. The summed E-state index contributed by atoms with van der Waals surface area (Å²) in [6.07, 6.45) is 3.05. The molecule has 0 aliphatic carbocycles. The molecule has 1 fully saturated rings. The monoisotopic (exact) mass is 246 g/mol. The highest BCUT2D eigenvalue weighted by molar-refractivity contribution is 5.75. The molecule has 1 aromatic carbocycles. The van der Waals surface area contributed by atoms with Gasteiger partial charge in [0, 0.05) is 18.7 Å². The van der Waals surface area contributed by atoms with Crippen LogP contribution in [0.5, 0.6) is 0 Å². The van der Waals surface area contributed by atoms with Gasteiger partial charge < -0.3 is 10.6 Å². The first kappa shape index (κ1) is 13.1. The number of rotatable bonds is 4. The van der Waals surface area contributed by atoms with Crippen molar-refractivity contribution in [3.63, 3.8) is 0 Å². The number of anilines is 1. The van der Waals surface area contributed by atoms with E-state index in [1.165, 1.54) is 18.4 Å². The quantitative estimate of drug-likeness (QED) is 0.830. The fourth-order valence-electron chi connectivity index (χ4n) is 2.57. The number of likely N-dealkylation sites (tertiary alicyclic amines) is 1. The van der Waals surface area contributed by atoms with E-state index >= 15 is 0 Å². The smallest absolute Gasteiger partial charge is 0.131 e. The summed E-state index contributed by atoms with van der Waals surface area (Å²) in [5, 5.41) is 0. The molecular formula is C15H22N2O. The molecule has 18 heavy (non-hydrogen) atoms. The zero-order valence-electron chi connectivity index (χ0n) is 11.1. The highest BCUT2D eigenvalue weighted by Crippen LogP contribution is 2.28. The Labute approximate surface area is 109 Å². The number of piperidine rings is 1. The average Bonchev–Trinajstić information content (AvgIpc) is 2.38. The lowest BCUT2D eigenvalue weighted by Crippen LogP contribution is -2.34. The van der Waals surface area contributed by atoms with Crippen molar-refractivity contribution in [2.45, 2.75) is 32.1 Å². The predicted molar refractivity (Wildman–Crippen MR) is 74.6 cm³/mol. The molecule has 98 valence electrons. The van der Waals surface area contributed by atoms with Gasteiger partial charge in [0.2, 0.25) is 0 Å². The molecule has 2 N–H and O–H groups in total. The number of hydrogen-bond acceptors (Lipinski definition) is 3. The molecule has 0 atom stereocenters. The number of nitrogens with zero attached hydrogens (tertiary/aromatic N) is 1. The maximum absolute atomic E-state index is 11.0. The molecule has 0 amide bonds. The molecular weight excluding hydrogens is 224 g/mol. The molecule has 0 radical (unpaired) electrons. The second-order valence-electron chi connectivity index (χ2n) is 5.23. The second-order valence-corrected chi connectivity index (χ2v) is 5.23. The van der Waals surface area contributed by atoms with Gasteiger partial charge in [-0.25, -0.2) is 0 Å². The zero-order chi connectivity index (χ0) is 13.0. The Morgan fingerprint density at radius 1 is 1.28 bits per heavy atom. The third-order valence-corrected chi connectivity index (χ3v) is 3.78. The maximum Gasteiger partial charge on any atom is 0.131 e. The fourth-order valence-corrected chi connectivity index (χ4v) is 2.57. The van der Waals surface area contributed by atoms with E-state index in [-0.39, 0.29) is 5.78 Å². The second kappa shape index (κ2) is 6.01. The molecule has 1 aliphatic rings. The zero-order valence-corrected chi connectivity index (χ0v) is 11.1. The molecule has 0 saturated carbocycles. The van der Waals surface area contributed by atoms with E-state index in [4.69, 9.17) is 5.73 Å². The normalized spacial score (nSPS) is 17.8. The van der Waals surface area contributed by atoms with E-state index in [1.54, 1.807) is 6.92 Å². The topological polar surface area (TPSA) is 46.3 Å². The third-order valence-electron chi connectivity index (χ3n) is 3.78. The largest absolute Gasteiger partial charge is 0.399 e. The number of ketones is 1. The van der Waals surface area contributed by atoms with Gasteiger partial charge in [-0.2, -0.15) is 0 Å². The van der Waals surface area contributed by atoms with Crippen molar-refractivity contribution in [3.05, 3.63) is 29.8 Å². The predicted octanol–water partition coefficient (Wildman–Crippen LogP) is 2.43. The van der Waals surface area contributed by atoms with Gasteiger partial charge in [-0.15, -0.1) is 0 Å². The van der Waals surface area contributed by atoms with Crippen molar-refractivity contribution >= 4 is 11.5 Å². The Balaban J connectivity index is 1.83. The Bertz CT molecular complexity index is 391. The first-order chi connectivity index (χ1) is 8.65. The maximum atomic E-state index is 11.0. The van der Waals surface area contributed by atoms with Crippen LogP contribution in [0.4, 0.5) is 5.69 Å². The van der Waals surface area contributed by atoms with Gasteiger partial charge in [0.25, 0.3) is 0 Å². The van der Waals surface area contributed by atoms with Crippen LogP contribution in [-0.4, -0.2) is 30.3 Å². The van der Waals surface area contributed by atoms with Gasteiger partial charge in [-0.3, -0.25) is 4.79 Å². The minimum Gasteiger partial charge on any atom is -0.399 e. The molecule has 2 rings (SSSR count). The Hall–Kier alpha value is -1.35. The van der Waals surface area contributed by atoms with Crippen LogP contribution in [0.15, 0.2) is 24.3 Å². The minimum atomic E-state index is 0.288. The highest BCUT2D eigenvalue weighted by atomic mass is 16.1. The summed E-state index contributed by atoms with van der Waals surface area (Å²) in [5.41, 5.74) is 7.94. The number of carbonyl (C=O) groups excluding carboxylic acids is 1. The van der Waals surface area contributed by atoms with E-state index in [9.17, 15) is 4.79 Å². The Morgan fingerprint density at radius 3 is 2.44 bits per heavy atom. The van der Waals surface area contributed by atoms with Crippen LogP contribution in [-0.2, 0) is 4.79 Å². The number of nitrogen functional groups attached to an aromatic ring is 1. The van der Waals surface area contributed by atoms with Crippen LogP contribution in [0.2, 0.25) is 0 Å². The van der Waals surface area contributed by atoms with Gasteiger partial charge >= 0.3 is 0 Å².